The molecule has 0 bridgehead atoms. The van der Waals surface area contributed by atoms with Gasteiger partial charge in [-0.3, -0.25) is 9.78 Å². The van der Waals surface area contributed by atoms with Gasteiger partial charge in [0.05, 0.1) is 11.6 Å². The maximum Gasteiger partial charge on any atom is 0.234 e. The lowest BCUT2D eigenvalue weighted by molar-refractivity contribution is -0.119. The van der Waals surface area contributed by atoms with Gasteiger partial charge >= 0.3 is 0 Å². The molecule has 1 aliphatic heterocycles. The summed E-state index contributed by atoms with van der Waals surface area (Å²) in [6.07, 6.45) is 4.29. The Bertz CT molecular complexity index is 678. The van der Waals surface area contributed by atoms with E-state index in [4.69, 9.17) is 0 Å². The lowest BCUT2D eigenvalue weighted by atomic mass is 10.0. The van der Waals surface area contributed by atoms with E-state index in [9.17, 15) is 9.18 Å². The first-order valence-corrected chi connectivity index (χ1v) is 8.29. The second kappa shape index (κ2) is 6.48. The van der Waals surface area contributed by atoms with E-state index in [1.54, 1.807) is 35.1 Å². The van der Waals surface area contributed by atoms with Gasteiger partial charge in [-0.1, -0.05) is 6.07 Å². The maximum atomic E-state index is 13.6. The number of fused-ring (bicyclic) bond motifs is 1. The fourth-order valence-corrected chi connectivity index (χ4v) is 3.56. The van der Waals surface area contributed by atoms with Crippen molar-refractivity contribution in [2.45, 2.75) is 24.2 Å². The molecule has 3 nitrogen and oxygen atoms in total. The minimum absolute atomic E-state index is 0.0117. The van der Waals surface area contributed by atoms with E-state index < -0.39 is 0 Å². The summed E-state index contributed by atoms with van der Waals surface area (Å²) in [6.45, 7) is 2.49. The van der Waals surface area contributed by atoms with Crippen LogP contribution in [0.25, 0.3) is 0 Å². The van der Waals surface area contributed by atoms with Crippen molar-refractivity contribution in [1.82, 2.24) is 4.98 Å². The van der Waals surface area contributed by atoms with E-state index in [0.717, 1.165) is 22.6 Å². The number of nitrogens with zero attached hydrogens (tertiary/aromatic N) is 2. The van der Waals surface area contributed by atoms with Gasteiger partial charge in [-0.15, -0.1) is 11.8 Å². The predicted molar refractivity (Wildman–Crippen MR) is 86.7 cm³/mol. The fraction of sp³-hybridized carbons (Fsp3) is 0.294. The van der Waals surface area contributed by atoms with Gasteiger partial charge in [-0.25, -0.2) is 4.39 Å². The van der Waals surface area contributed by atoms with Crippen molar-refractivity contribution < 1.29 is 9.18 Å². The van der Waals surface area contributed by atoms with Crippen molar-refractivity contribution >= 4 is 23.4 Å². The number of carbonyl (C=O) groups is 1. The third-order valence-electron chi connectivity index (χ3n) is 3.82. The van der Waals surface area contributed by atoms with Crippen LogP contribution in [0.1, 0.15) is 24.8 Å². The number of hydrogen-bond donors (Lipinski definition) is 0. The van der Waals surface area contributed by atoms with Crippen LogP contribution in [0.3, 0.4) is 0 Å². The molecule has 0 radical (unpaired) electrons. The molecule has 0 saturated carbocycles. The molecule has 0 saturated heterocycles. The first-order valence-electron chi connectivity index (χ1n) is 7.30. The first kappa shape index (κ1) is 15.0. The molecule has 0 N–H and O–H groups in total. The van der Waals surface area contributed by atoms with E-state index >= 15 is 0 Å². The van der Waals surface area contributed by atoms with E-state index in [2.05, 4.69) is 4.98 Å². The summed E-state index contributed by atoms with van der Waals surface area (Å²) in [5, 5.41) is 0. The molecule has 0 fully saturated rings. The maximum absolute atomic E-state index is 13.6. The van der Waals surface area contributed by atoms with Gasteiger partial charge < -0.3 is 4.90 Å². The first-order chi connectivity index (χ1) is 10.7. The van der Waals surface area contributed by atoms with Crippen LogP contribution >= 0.6 is 11.8 Å². The largest absolute Gasteiger partial charge is 0.311 e. The molecule has 1 aromatic heterocycles. The summed E-state index contributed by atoms with van der Waals surface area (Å²) in [6, 6.07) is 8.39. The van der Waals surface area contributed by atoms with Crippen molar-refractivity contribution in [2.75, 3.05) is 17.2 Å². The van der Waals surface area contributed by atoms with Crippen molar-refractivity contribution in [3.63, 3.8) is 0 Å². The molecule has 3 rings (SSSR count). The average Bonchev–Trinajstić information content (AvgIpc) is 2.76. The Balaban J connectivity index is 1.94. The molecule has 1 aliphatic rings. The zero-order valence-electron chi connectivity index (χ0n) is 12.3. The van der Waals surface area contributed by atoms with Crippen molar-refractivity contribution in [3.8, 4) is 0 Å². The second-order valence-corrected chi connectivity index (χ2v) is 6.45. The highest BCUT2D eigenvalue weighted by molar-refractivity contribution is 7.99. The van der Waals surface area contributed by atoms with E-state index in [1.807, 2.05) is 19.1 Å². The zero-order chi connectivity index (χ0) is 15.5. The van der Waals surface area contributed by atoms with Gasteiger partial charge in [0.2, 0.25) is 5.91 Å². The zero-order valence-corrected chi connectivity index (χ0v) is 13.1. The van der Waals surface area contributed by atoms with Crippen LogP contribution in [0.4, 0.5) is 10.1 Å². The Hall–Kier alpha value is -1.88. The molecule has 1 atom stereocenters. The van der Waals surface area contributed by atoms with Gasteiger partial charge in [0.1, 0.15) is 5.82 Å². The smallest absolute Gasteiger partial charge is 0.234 e. The summed E-state index contributed by atoms with van der Waals surface area (Å²) >= 11 is 1.67. The Morgan fingerprint density at radius 2 is 2.27 bits per heavy atom. The highest BCUT2D eigenvalue weighted by Crippen LogP contribution is 2.35. The molecule has 5 heteroatoms. The number of benzene rings is 1. The number of hydrogen-bond acceptors (Lipinski definition) is 3. The lowest BCUT2D eigenvalue weighted by Crippen LogP contribution is -2.35. The molecule has 0 unspecified atom stereocenters. The summed E-state index contributed by atoms with van der Waals surface area (Å²) in [7, 11) is 0. The molecule has 1 aromatic carbocycles. The molecular formula is C17H17FN2OS. The number of thioether (sulfide) groups is 1. The SMILES string of the molecule is C[C@H](C(=O)N1CCCSc2ccc(F)cc21)c1cccnc1. The Labute approximate surface area is 133 Å². The number of pyridine rings is 1. The van der Waals surface area contributed by atoms with Gasteiger partial charge in [-0.05, 0) is 48.9 Å². The molecule has 114 valence electrons. The second-order valence-electron chi connectivity index (χ2n) is 5.31. The van der Waals surface area contributed by atoms with E-state index in [-0.39, 0.29) is 17.6 Å². The van der Waals surface area contributed by atoms with Crippen LogP contribution in [0.5, 0.6) is 0 Å². The summed E-state index contributed by atoms with van der Waals surface area (Å²) in [4.78, 5) is 19.6. The number of anilines is 1. The van der Waals surface area contributed by atoms with E-state index in [1.165, 1.54) is 12.1 Å². The molecule has 2 aromatic rings. The number of aromatic nitrogens is 1. The third-order valence-corrected chi connectivity index (χ3v) is 4.97. The van der Waals surface area contributed by atoms with Crippen molar-refractivity contribution in [1.29, 1.82) is 0 Å². The standard InChI is InChI=1S/C17H17FN2OS/c1-12(13-4-2-7-19-11-13)17(21)20-8-3-9-22-16-6-5-14(18)10-15(16)20/h2,4-7,10-12H,3,8-9H2,1H3/t12-/m0/s1. The summed E-state index contributed by atoms with van der Waals surface area (Å²) < 4.78 is 13.6. The third kappa shape index (κ3) is 2.99. The molecule has 22 heavy (non-hydrogen) atoms. The van der Waals surface area contributed by atoms with Gasteiger partial charge in [0.25, 0.3) is 0 Å². The number of amides is 1. The number of halogens is 1. The highest BCUT2D eigenvalue weighted by atomic mass is 32.2. The highest BCUT2D eigenvalue weighted by Gasteiger charge is 2.26. The Morgan fingerprint density at radius 1 is 1.41 bits per heavy atom. The van der Waals surface area contributed by atoms with Crippen LogP contribution in [-0.4, -0.2) is 23.2 Å². The molecule has 0 spiro atoms. The number of carbonyl (C=O) groups excluding carboxylic acids is 1. The topological polar surface area (TPSA) is 33.2 Å². The van der Waals surface area contributed by atoms with Gasteiger partial charge in [0, 0.05) is 23.8 Å². The van der Waals surface area contributed by atoms with Crippen molar-refractivity contribution in [3.05, 3.63) is 54.1 Å². The molecule has 2 heterocycles. The van der Waals surface area contributed by atoms with Crippen LogP contribution in [0.2, 0.25) is 0 Å². The summed E-state index contributed by atoms with van der Waals surface area (Å²) in [5.74, 6) is 0.312. The van der Waals surface area contributed by atoms with Gasteiger partial charge in [0.15, 0.2) is 0 Å². The van der Waals surface area contributed by atoms with Crippen LogP contribution in [0.15, 0.2) is 47.6 Å². The summed E-state index contributed by atoms with van der Waals surface area (Å²) in [5.41, 5.74) is 1.56. The Kier molecular flexibility index (Phi) is 4.43. The minimum atomic E-state index is -0.312. The average molecular weight is 316 g/mol. The lowest BCUT2D eigenvalue weighted by Gasteiger charge is -2.26. The van der Waals surface area contributed by atoms with E-state index in [0.29, 0.717) is 12.2 Å². The van der Waals surface area contributed by atoms with Crippen LogP contribution in [0, 0.1) is 5.82 Å². The normalized spacial score (nSPS) is 15.8. The van der Waals surface area contributed by atoms with Crippen LogP contribution in [-0.2, 0) is 4.79 Å². The quantitative estimate of drug-likeness (QED) is 0.843. The Morgan fingerprint density at radius 3 is 3.05 bits per heavy atom. The predicted octanol–water partition coefficient (Wildman–Crippen LogP) is 3.85. The molecule has 0 aliphatic carbocycles. The molecule has 1 amide bonds. The van der Waals surface area contributed by atoms with Crippen molar-refractivity contribution in [2.24, 2.45) is 0 Å². The fourth-order valence-electron chi connectivity index (χ4n) is 2.59. The van der Waals surface area contributed by atoms with Crippen LogP contribution < -0.4 is 4.90 Å². The monoisotopic (exact) mass is 316 g/mol. The molecular weight excluding hydrogens is 299 g/mol. The van der Waals surface area contributed by atoms with Gasteiger partial charge in [-0.2, -0.15) is 0 Å². The number of rotatable bonds is 2. The minimum Gasteiger partial charge on any atom is -0.311 e.